The molecule has 0 spiro atoms. The Labute approximate surface area is 136 Å². The monoisotopic (exact) mass is 335 g/mol. The van der Waals surface area contributed by atoms with E-state index in [4.69, 9.17) is 9.47 Å². The van der Waals surface area contributed by atoms with Crippen LogP contribution in [0.15, 0.2) is 42.5 Å². The van der Waals surface area contributed by atoms with E-state index in [2.05, 4.69) is 4.74 Å². The van der Waals surface area contributed by atoms with E-state index in [9.17, 15) is 19.3 Å². The number of rotatable bonds is 7. The van der Waals surface area contributed by atoms with Crippen molar-refractivity contribution in [2.75, 3.05) is 20.3 Å². The summed E-state index contributed by atoms with van der Waals surface area (Å²) < 4.78 is 28.0. The summed E-state index contributed by atoms with van der Waals surface area (Å²) in [6.07, 6.45) is 0. The van der Waals surface area contributed by atoms with Crippen molar-refractivity contribution in [3.8, 4) is 11.5 Å². The molecule has 0 radical (unpaired) electrons. The molecule has 0 saturated carbocycles. The predicted molar refractivity (Wildman–Crippen MR) is 81.8 cm³/mol. The highest BCUT2D eigenvalue weighted by atomic mass is 19.1. The topological polar surface area (TPSA) is 87.9 Å². The van der Waals surface area contributed by atoms with Crippen LogP contribution in [0.5, 0.6) is 11.5 Å². The molecule has 0 amide bonds. The van der Waals surface area contributed by atoms with E-state index in [0.29, 0.717) is 5.75 Å². The van der Waals surface area contributed by atoms with Gasteiger partial charge in [0.25, 0.3) is 0 Å². The molecule has 0 aliphatic rings. The Kier molecular flexibility index (Phi) is 5.67. The molecule has 2 rings (SSSR count). The fraction of sp³-hybridized carbons (Fsp3) is 0.188. The van der Waals surface area contributed by atoms with Crippen molar-refractivity contribution < 1.29 is 28.3 Å². The fourth-order valence-corrected chi connectivity index (χ4v) is 1.87. The van der Waals surface area contributed by atoms with E-state index in [1.54, 1.807) is 0 Å². The third kappa shape index (κ3) is 4.42. The summed E-state index contributed by atoms with van der Waals surface area (Å²) in [6, 6.07) is 9.10. The van der Waals surface area contributed by atoms with Gasteiger partial charge >= 0.3 is 11.7 Å². The minimum atomic E-state index is -0.627. The molecule has 0 N–H and O–H groups in total. The predicted octanol–water partition coefficient (Wildman–Crippen LogP) is 2.98. The Morgan fingerprint density at radius 3 is 2.42 bits per heavy atom. The van der Waals surface area contributed by atoms with Crippen LogP contribution >= 0.6 is 0 Å². The van der Waals surface area contributed by atoms with Crippen molar-refractivity contribution in [3.63, 3.8) is 0 Å². The minimum absolute atomic E-state index is 0.00282. The van der Waals surface area contributed by atoms with Gasteiger partial charge < -0.3 is 14.2 Å². The van der Waals surface area contributed by atoms with Gasteiger partial charge in [0.05, 0.1) is 17.6 Å². The molecule has 2 aromatic carbocycles. The first-order chi connectivity index (χ1) is 11.5. The normalized spacial score (nSPS) is 10.1. The van der Waals surface area contributed by atoms with Crippen LogP contribution < -0.4 is 9.47 Å². The van der Waals surface area contributed by atoms with Gasteiger partial charge in [0.2, 0.25) is 0 Å². The van der Waals surface area contributed by atoms with Crippen LogP contribution in [0.3, 0.4) is 0 Å². The molecule has 24 heavy (non-hydrogen) atoms. The zero-order chi connectivity index (χ0) is 17.5. The van der Waals surface area contributed by atoms with E-state index < -0.39 is 10.9 Å². The fourth-order valence-electron chi connectivity index (χ4n) is 1.87. The number of benzene rings is 2. The second-order valence-corrected chi connectivity index (χ2v) is 4.58. The van der Waals surface area contributed by atoms with Gasteiger partial charge in [-0.1, -0.05) is 0 Å². The molecule has 0 heterocycles. The third-order valence-corrected chi connectivity index (χ3v) is 3.00. The number of hydrogen-bond donors (Lipinski definition) is 0. The maximum atomic E-state index is 12.8. The molecule has 0 aliphatic carbocycles. The average molecular weight is 335 g/mol. The van der Waals surface area contributed by atoms with E-state index in [0.717, 1.165) is 0 Å². The van der Waals surface area contributed by atoms with Crippen LogP contribution in [0.2, 0.25) is 0 Å². The lowest BCUT2D eigenvalue weighted by Gasteiger charge is -2.09. The molecule has 126 valence electrons. The number of nitro groups is 1. The highest BCUT2D eigenvalue weighted by Crippen LogP contribution is 2.28. The van der Waals surface area contributed by atoms with Crippen molar-refractivity contribution >= 4 is 11.7 Å². The molecule has 2 aromatic rings. The number of methoxy groups -OCH3 is 1. The van der Waals surface area contributed by atoms with Crippen molar-refractivity contribution in [2.24, 2.45) is 0 Å². The van der Waals surface area contributed by atoms with Crippen molar-refractivity contribution in [1.82, 2.24) is 0 Å². The molecule has 8 heteroatoms. The van der Waals surface area contributed by atoms with Gasteiger partial charge in [-0.25, -0.2) is 9.18 Å². The van der Waals surface area contributed by atoms with Gasteiger partial charge in [-0.05, 0) is 30.3 Å². The molecular formula is C16H14FNO6. The lowest BCUT2D eigenvalue weighted by molar-refractivity contribution is -0.385. The molecule has 0 unspecified atom stereocenters. The molecule has 0 saturated heterocycles. The summed E-state index contributed by atoms with van der Waals surface area (Å²) >= 11 is 0. The number of hydrogen-bond acceptors (Lipinski definition) is 6. The lowest BCUT2D eigenvalue weighted by Crippen LogP contribution is -2.11. The van der Waals surface area contributed by atoms with Crippen LogP contribution in [0, 0.1) is 15.9 Å². The summed E-state index contributed by atoms with van der Waals surface area (Å²) in [5, 5.41) is 11.0. The van der Waals surface area contributed by atoms with Crippen molar-refractivity contribution in [1.29, 1.82) is 0 Å². The van der Waals surface area contributed by atoms with Gasteiger partial charge in [-0.2, -0.15) is 0 Å². The first-order valence-electron chi connectivity index (χ1n) is 6.89. The van der Waals surface area contributed by atoms with Crippen molar-refractivity contribution in [3.05, 3.63) is 64.0 Å². The standard InChI is InChI=1S/C16H14FNO6/c1-22-16(19)11-2-7-14(18(20)21)15(10-11)24-9-8-23-13-5-3-12(17)4-6-13/h2-7,10H,8-9H2,1H3. The van der Waals surface area contributed by atoms with E-state index in [1.807, 2.05) is 0 Å². The van der Waals surface area contributed by atoms with Gasteiger partial charge in [-0.3, -0.25) is 10.1 Å². The first-order valence-corrected chi connectivity index (χ1v) is 6.89. The highest BCUT2D eigenvalue weighted by Gasteiger charge is 2.18. The summed E-state index contributed by atoms with van der Waals surface area (Å²) in [7, 11) is 1.21. The summed E-state index contributed by atoms with van der Waals surface area (Å²) in [5.41, 5.74) is -0.137. The highest BCUT2D eigenvalue weighted by molar-refractivity contribution is 5.90. The largest absolute Gasteiger partial charge is 0.490 e. The molecule has 0 bridgehead atoms. The molecular weight excluding hydrogens is 321 g/mol. The SMILES string of the molecule is COC(=O)c1ccc([N+](=O)[O-])c(OCCOc2ccc(F)cc2)c1. The van der Waals surface area contributed by atoms with Crippen LogP contribution in [0.1, 0.15) is 10.4 Å². The second-order valence-electron chi connectivity index (χ2n) is 4.58. The maximum absolute atomic E-state index is 12.8. The van der Waals surface area contributed by atoms with Gasteiger partial charge in [0.1, 0.15) is 24.8 Å². The van der Waals surface area contributed by atoms with E-state index in [-0.39, 0.29) is 36.0 Å². The minimum Gasteiger partial charge on any atom is -0.490 e. The Balaban J connectivity index is 2.00. The zero-order valence-electron chi connectivity index (χ0n) is 12.7. The van der Waals surface area contributed by atoms with Crippen LogP contribution in [-0.4, -0.2) is 31.2 Å². The summed E-state index contributed by atoms with van der Waals surface area (Å²) in [6.45, 7) is 0.0914. The Morgan fingerprint density at radius 1 is 1.12 bits per heavy atom. The lowest BCUT2D eigenvalue weighted by atomic mass is 10.2. The molecule has 0 aromatic heterocycles. The number of nitrogens with zero attached hydrogens (tertiary/aromatic N) is 1. The number of ether oxygens (including phenoxy) is 3. The third-order valence-electron chi connectivity index (χ3n) is 3.00. The van der Waals surface area contributed by atoms with Gasteiger partial charge in [0, 0.05) is 12.1 Å². The molecule has 0 aliphatic heterocycles. The number of esters is 1. The van der Waals surface area contributed by atoms with E-state index >= 15 is 0 Å². The summed E-state index contributed by atoms with van der Waals surface area (Å²) in [4.78, 5) is 21.9. The first kappa shape index (κ1) is 17.2. The average Bonchev–Trinajstić information content (AvgIpc) is 2.59. The second kappa shape index (κ2) is 7.91. The molecule has 0 atom stereocenters. The molecule has 7 nitrogen and oxygen atoms in total. The number of carbonyl (C=O) groups is 1. The summed E-state index contributed by atoms with van der Waals surface area (Å²) in [5.74, 6) is -0.630. The van der Waals surface area contributed by atoms with Gasteiger partial charge in [0.15, 0.2) is 5.75 Å². The smallest absolute Gasteiger partial charge is 0.337 e. The number of nitro benzene ring substituents is 1. The number of halogens is 1. The zero-order valence-corrected chi connectivity index (χ0v) is 12.7. The Bertz CT molecular complexity index is 732. The Morgan fingerprint density at radius 2 is 1.79 bits per heavy atom. The van der Waals surface area contributed by atoms with Crippen molar-refractivity contribution in [2.45, 2.75) is 0 Å². The molecule has 0 fully saturated rings. The van der Waals surface area contributed by atoms with Crippen LogP contribution in [-0.2, 0) is 4.74 Å². The number of carbonyl (C=O) groups excluding carboxylic acids is 1. The maximum Gasteiger partial charge on any atom is 0.337 e. The van der Waals surface area contributed by atoms with Gasteiger partial charge in [-0.15, -0.1) is 0 Å². The van der Waals surface area contributed by atoms with Crippen LogP contribution in [0.4, 0.5) is 10.1 Å². The van der Waals surface area contributed by atoms with Crippen LogP contribution in [0.25, 0.3) is 0 Å². The Hall–Kier alpha value is -3.16. The van der Waals surface area contributed by atoms with E-state index in [1.165, 1.54) is 49.6 Å². The quantitative estimate of drug-likeness (QED) is 0.334.